The third kappa shape index (κ3) is 5.85. The van der Waals surface area contributed by atoms with Crippen LogP contribution >= 0.6 is 7.60 Å². The quantitative estimate of drug-likeness (QED) is 0.239. The highest BCUT2D eigenvalue weighted by molar-refractivity contribution is 7.63. The van der Waals surface area contributed by atoms with Crippen molar-refractivity contribution in [3.05, 3.63) is 126 Å². The fraction of sp³-hybridized carbons (Fsp3) is 0.152. The number of hydrogen-bond acceptors (Lipinski definition) is 9. The Morgan fingerprint density at radius 2 is 1.49 bits per heavy atom. The van der Waals surface area contributed by atoms with Crippen LogP contribution in [0.15, 0.2) is 120 Å². The SMILES string of the molecule is O=P(Oc1ccc2c(c1)CN(C1=CC=CCN=C1)CO2)(Oc1ccc2c(c1)CN(c1cccnc1)CO2)c1ccccc1. The van der Waals surface area contributed by atoms with Crippen LogP contribution in [-0.4, -0.2) is 36.1 Å². The molecule has 1 aromatic heterocycles. The summed E-state index contributed by atoms with van der Waals surface area (Å²) < 4.78 is 39.0. The van der Waals surface area contributed by atoms with Crippen molar-refractivity contribution >= 4 is 24.8 Å². The van der Waals surface area contributed by atoms with Crippen LogP contribution in [0.4, 0.5) is 5.69 Å². The van der Waals surface area contributed by atoms with Gasteiger partial charge in [-0.1, -0.05) is 30.4 Å². The first-order valence-corrected chi connectivity index (χ1v) is 15.5. The zero-order valence-corrected chi connectivity index (χ0v) is 24.2. The fourth-order valence-electron chi connectivity index (χ4n) is 5.10. The van der Waals surface area contributed by atoms with E-state index in [-0.39, 0.29) is 0 Å². The molecule has 0 N–H and O–H groups in total. The van der Waals surface area contributed by atoms with Gasteiger partial charge >= 0.3 is 7.60 Å². The van der Waals surface area contributed by atoms with Crippen LogP contribution in [0.2, 0.25) is 0 Å². The first-order valence-electron chi connectivity index (χ1n) is 14.0. The van der Waals surface area contributed by atoms with Gasteiger partial charge in [-0.2, -0.15) is 0 Å². The van der Waals surface area contributed by atoms with Crippen molar-refractivity contribution in [3.63, 3.8) is 0 Å². The van der Waals surface area contributed by atoms with E-state index in [9.17, 15) is 4.57 Å². The van der Waals surface area contributed by atoms with Crippen molar-refractivity contribution in [2.75, 3.05) is 24.9 Å². The molecule has 1 atom stereocenters. The second-order valence-electron chi connectivity index (χ2n) is 10.2. The van der Waals surface area contributed by atoms with Gasteiger partial charge in [0.2, 0.25) is 0 Å². The number of allylic oxidation sites excluding steroid dienone is 3. The summed E-state index contributed by atoms with van der Waals surface area (Å²) in [6, 6.07) is 23.8. The Balaban J connectivity index is 1.15. The maximum Gasteiger partial charge on any atom is 0.462 e. The van der Waals surface area contributed by atoms with E-state index in [4.69, 9.17) is 18.5 Å². The monoisotopic (exact) mass is 592 g/mol. The summed E-state index contributed by atoms with van der Waals surface area (Å²) in [6.45, 7) is 2.65. The lowest BCUT2D eigenvalue weighted by Gasteiger charge is -2.31. The highest BCUT2D eigenvalue weighted by atomic mass is 31.2. The average molecular weight is 593 g/mol. The van der Waals surface area contributed by atoms with Crippen LogP contribution in [0.5, 0.6) is 23.0 Å². The Labute approximate surface area is 249 Å². The Bertz CT molecular complexity index is 1760. The Morgan fingerprint density at radius 1 is 0.791 bits per heavy atom. The topological polar surface area (TPSA) is 85.7 Å². The molecule has 0 amide bonds. The summed E-state index contributed by atoms with van der Waals surface area (Å²) in [5, 5.41) is 0.447. The predicted molar refractivity (Wildman–Crippen MR) is 165 cm³/mol. The third-order valence-corrected chi connectivity index (χ3v) is 9.11. The maximum absolute atomic E-state index is 14.6. The first kappa shape index (κ1) is 26.9. The Morgan fingerprint density at radius 3 is 2.19 bits per heavy atom. The van der Waals surface area contributed by atoms with Gasteiger partial charge < -0.3 is 28.3 Å². The number of aliphatic imine (C=N–C) groups is 1. The molecule has 3 aliphatic rings. The van der Waals surface area contributed by atoms with Crippen molar-refractivity contribution in [2.24, 2.45) is 4.99 Å². The third-order valence-electron chi connectivity index (χ3n) is 7.28. The minimum Gasteiger partial charge on any atom is -0.473 e. The molecule has 9 nitrogen and oxygen atoms in total. The number of rotatable bonds is 7. The summed E-state index contributed by atoms with van der Waals surface area (Å²) >= 11 is 0. The van der Waals surface area contributed by atoms with E-state index < -0.39 is 7.60 Å². The smallest absolute Gasteiger partial charge is 0.462 e. The van der Waals surface area contributed by atoms with Crippen LogP contribution < -0.4 is 28.7 Å². The molecule has 0 saturated carbocycles. The zero-order chi connectivity index (χ0) is 29.1. The molecule has 0 saturated heterocycles. The van der Waals surface area contributed by atoms with Gasteiger partial charge in [0, 0.05) is 23.5 Å². The van der Waals surface area contributed by atoms with E-state index in [1.165, 1.54) is 0 Å². The number of pyridine rings is 1. The number of hydrogen-bond donors (Lipinski definition) is 0. The lowest BCUT2D eigenvalue weighted by Crippen LogP contribution is -2.32. The minimum atomic E-state index is -3.87. The number of anilines is 1. The van der Waals surface area contributed by atoms with Crippen molar-refractivity contribution in [1.82, 2.24) is 9.88 Å². The highest BCUT2D eigenvalue weighted by Crippen LogP contribution is 2.49. The normalized spacial score (nSPS) is 16.9. The van der Waals surface area contributed by atoms with Gasteiger partial charge in [0.1, 0.15) is 23.0 Å². The number of fused-ring (bicyclic) bond motifs is 2. The second kappa shape index (κ2) is 11.7. The number of benzene rings is 3. The lowest BCUT2D eigenvalue weighted by molar-refractivity contribution is 0.134. The molecule has 4 heterocycles. The van der Waals surface area contributed by atoms with E-state index in [0.717, 1.165) is 34.0 Å². The number of ether oxygens (including phenoxy) is 2. The van der Waals surface area contributed by atoms with E-state index in [2.05, 4.69) is 19.8 Å². The molecule has 0 bridgehead atoms. The molecule has 3 aliphatic heterocycles. The summed E-state index contributed by atoms with van der Waals surface area (Å²) in [5.74, 6) is 2.35. The van der Waals surface area contributed by atoms with E-state index in [0.29, 0.717) is 49.9 Å². The Hall–Kier alpha value is -5.01. The maximum atomic E-state index is 14.6. The molecule has 10 heteroatoms. The summed E-state index contributed by atoms with van der Waals surface area (Å²) in [6.07, 6.45) is 11.4. The Kier molecular flexibility index (Phi) is 7.31. The van der Waals surface area contributed by atoms with Gasteiger partial charge in [0.05, 0.1) is 42.5 Å². The van der Waals surface area contributed by atoms with Gasteiger partial charge in [-0.15, -0.1) is 0 Å². The van der Waals surface area contributed by atoms with Crippen LogP contribution in [0.3, 0.4) is 0 Å². The van der Waals surface area contributed by atoms with Crippen molar-refractivity contribution in [3.8, 4) is 23.0 Å². The molecule has 1 unspecified atom stereocenters. The van der Waals surface area contributed by atoms with Crippen LogP contribution in [0.25, 0.3) is 0 Å². The molecule has 0 radical (unpaired) electrons. The standard InChI is InChI=1S/C33H29N4O5P/c38-43(31-9-2-1-3-10-31,42-30-12-14-33-26(18-30)22-37(24-40-33)28-8-6-16-35-20-28)41-29-11-13-32-25(17-29)21-36(23-39-32)27-7-4-5-15-34-19-27/h1-14,16-20H,15,21-24H2. The lowest BCUT2D eigenvalue weighted by atomic mass is 10.1. The van der Waals surface area contributed by atoms with E-state index >= 15 is 0 Å². The minimum absolute atomic E-state index is 0.408. The number of aromatic nitrogens is 1. The molecule has 7 rings (SSSR count). The molecule has 4 aromatic rings. The summed E-state index contributed by atoms with van der Waals surface area (Å²) in [4.78, 5) is 12.8. The molecule has 0 fully saturated rings. The highest BCUT2D eigenvalue weighted by Gasteiger charge is 2.33. The van der Waals surface area contributed by atoms with Crippen molar-refractivity contribution < 1.29 is 23.1 Å². The number of nitrogens with zero attached hydrogens (tertiary/aromatic N) is 4. The molecule has 216 valence electrons. The summed E-state index contributed by atoms with van der Waals surface area (Å²) in [5.41, 5.74) is 3.73. The van der Waals surface area contributed by atoms with Crippen molar-refractivity contribution in [2.45, 2.75) is 13.1 Å². The fourth-order valence-corrected chi connectivity index (χ4v) is 6.67. The molecular weight excluding hydrogens is 563 g/mol. The van der Waals surface area contributed by atoms with Gasteiger partial charge in [-0.3, -0.25) is 9.98 Å². The van der Waals surface area contributed by atoms with Crippen LogP contribution in [0.1, 0.15) is 11.1 Å². The van der Waals surface area contributed by atoms with Crippen molar-refractivity contribution in [1.29, 1.82) is 0 Å². The first-order chi connectivity index (χ1) is 21.1. The van der Waals surface area contributed by atoms with Gasteiger partial charge in [-0.05, 0) is 66.7 Å². The predicted octanol–water partition coefficient (Wildman–Crippen LogP) is 6.09. The molecule has 0 spiro atoms. The molecule has 43 heavy (non-hydrogen) atoms. The van der Waals surface area contributed by atoms with Crippen LogP contribution in [0, 0.1) is 0 Å². The summed E-state index contributed by atoms with van der Waals surface area (Å²) in [7, 11) is -3.87. The van der Waals surface area contributed by atoms with E-state index in [1.807, 2.05) is 79.0 Å². The molecule has 0 aliphatic carbocycles. The largest absolute Gasteiger partial charge is 0.473 e. The van der Waals surface area contributed by atoms with Gasteiger partial charge in [0.15, 0.2) is 13.5 Å². The second-order valence-corrected chi connectivity index (χ2v) is 12.1. The average Bonchev–Trinajstić information content (AvgIpc) is 3.35. The zero-order valence-electron chi connectivity index (χ0n) is 23.3. The van der Waals surface area contributed by atoms with Gasteiger partial charge in [0.25, 0.3) is 0 Å². The van der Waals surface area contributed by atoms with Gasteiger partial charge in [-0.25, -0.2) is 4.57 Å². The molecular formula is C33H29N4O5P. The molecule has 3 aromatic carbocycles. The van der Waals surface area contributed by atoms with E-state index in [1.54, 1.807) is 36.7 Å². The van der Waals surface area contributed by atoms with Crippen LogP contribution in [-0.2, 0) is 17.7 Å².